The lowest BCUT2D eigenvalue weighted by atomic mass is 10.1. The van der Waals surface area contributed by atoms with E-state index >= 15 is 0 Å². The summed E-state index contributed by atoms with van der Waals surface area (Å²) in [5.74, 6) is 0.472. The highest BCUT2D eigenvalue weighted by Crippen LogP contribution is 2.05. The Balaban J connectivity index is 0.000000291. The molecule has 1 unspecified atom stereocenters. The van der Waals surface area contributed by atoms with Crippen LogP contribution in [0.25, 0.3) is 0 Å². The number of nitrogens with one attached hydrogen (secondary N) is 1. The van der Waals surface area contributed by atoms with Gasteiger partial charge >= 0.3 is 0 Å². The third-order valence-corrected chi connectivity index (χ3v) is 1.32. The molecule has 1 amide bonds. The van der Waals surface area contributed by atoms with Crippen LogP contribution in [0.3, 0.4) is 0 Å². The zero-order valence-corrected chi connectivity index (χ0v) is 5.85. The smallest absolute Gasteiger partial charge is 0.222 e. The molecule has 1 atom stereocenters. The number of carbonyl (C=O) groups excluding carboxylic acids is 1. The minimum atomic E-state index is 0.208. The van der Waals surface area contributed by atoms with Gasteiger partial charge in [0, 0.05) is 19.6 Å². The number of aliphatic hydroxyl groups excluding tert-OH is 1. The van der Waals surface area contributed by atoms with Gasteiger partial charge in [0.1, 0.15) is 0 Å². The second-order valence-electron chi connectivity index (χ2n) is 1.98. The lowest BCUT2D eigenvalue weighted by Crippen LogP contribution is -2.16. The van der Waals surface area contributed by atoms with E-state index in [9.17, 15) is 4.79 Å². The van der Waals surface area contributed by atoms with Crippen molar-refractivity contribution in [1.82, 2.24) is 5.32 Å². The number of amides is 1. The van der Waals surface area contributed by atoms with E-state index in [1.807, 2.05) is 6.92 Å². The van der Waals surface area contributed by atoms with Crippen molar-refractivity contribution in [2.24, 2.45) is 5.92 Å². The second-order valence-corrected chi connectivity index (χ2v) is 1.98. The summed E-state index contributed by atoms with van der Waals surface area (Å²) in [6.07, 6.45) is 1.01. The van der Waals surface area contributed by atoms with Crippen LogP contribution in [0.2, 0.25) is 0 Å². The predicted molar refractivity (Wildman–Crippen MR) is 34.9 cm³/mol. The van der Waals surface area contributed by atoms with Crippen LogP contribution in [0, 0.1) is 5.92 Å². The van der Waals surface area contributed by atoms with Gasteiger partial charge in [-0.05, 0) is 6.42 Å². The number of hydrogen-bond donors (Lipinski definition) is 2. The van der Waals surface area contributed by atoms with Gasteiger partial charge in [0.25, 0.3) is 0 Å². The van der Waals surface area contributed by atoms with Gasteiger partial charge in [0.05, 0.1) is 0 Å². The van der Waals surface area contributed by atoms with Crippen molar-refractivity contribution in [2.75, 3.05) is 13.7 Å². The first-order chi connectivity index (χ1) is 4.30. The molecule has 54 valence electrons. The van der Waals surface area contributed by atoms with Crippen LogP contribution in [0.4, 0.5) is 0 Å². The van der Waals surface area contributed by atoms with Crippen LogP contribution in [-0.4, -0.2) is 24.7 Å². The molecule has 3 nitrogen and oxygen atoms in total. The molecule has 1 fully saturated rings. The van der Waals surface area contributed by atoms with E-state index in [0.717, 1.165) is 20.1 Å². The average molecular weight is 131 g/mol. The van der Waals surface area contributed by atoms with Gasteiger partial charge in [-0.3, -0.25) is 4.79 Å². The Morgan fingerprint density at radius 3 is 2.33 bits per heavy atom. The van der Waals surface area contributed by atoms with Crippen molar-refractivity contribution in [3.05, 3.63) is 0 Å². The predicted octanol–water partition coefficient (Wildman–Crippen LogP) is -0.249. The maximum atomic E-state index is 10.5. The van der Waals surface area contributed by atoms with Crippen molar-refractivity contribution in [3.8, 4) is 0 Å². The topological polar surface area (TPSA) is 49.3 Å². The molecule has 0 spiro atoms. The summed E-state index contributed by atoms with van der Waals surface area (Å²) in [6, 6.07) is 0. The number of rotatable bonds is 0. The molecule has 0 saturated carbocycles. The zero-order valence-electron chi connectivity index (χ0n) is 5.85. The molecule has 0 aromatic heterocycles. The summed E-state index contributed by atoms with van der Waals surface area (Å²) in [5, 5.41) is 9.73. The summed E-state index contributed by atoms with van der Waals surface area (Å²) in [7, 11) is 1.00. The standard InChI is InChI=1S/C5H9NO.CH4O/c1-4-2-3-6-5(4)7;1-2/h4H,2-3H2,1H3,(H,6,7);2H,1H3. The largest absolute Gasteiger partial charge is 0.400 e. The summed E-state index contributed by atoms with van der Waals surface area (Å²) in [4.78, 5) is 10.5. The number of aliphatic hydroxyl groups is 1. The summed E-state index contributed by atoms with van der Waals surface area (Å²) in [6.45, 7) is 2.82. The van der Waals surface area contributed by atoms with Crippen LogP contribution in [0.5, 0.6) is 0 Å². The van der Waals surface area contributed by atoms with Crippen molar-refractivity contribution >= 4 is 5.91 Å². The number of hydrogen-bond acceptors (Lipinski definition) is 2. The molecule has 3 heteroatoms. The fourth-order valence-corrected chi connectivity index (χ4v) is 0.717. The Kier molecular flexibility index (Phi) is 4.05. The molecule has 0 aromatic carbocycles. The van der Waals surface area contributed by atoms with Crippen molar-refractivity contribution in [1.29, 1.82) is 0 Å². The summed E-state index contributed by atoms with van der Waals surface area (Å²) >= 11 is 0. The third kappa shape index (κ3) is 2.46. The molecule has 0 bridgehead atoms. The van der Waals surface area contributed by atoms with E-state index in [-0.39, 0.29) is 11.8 Å². The first-order valence-electron chi connectivity index (χ1n) is 3.03. The highest BCUT2D eigenvalue weighted by Gasteiger charge is 2.17. The highest BCUT2D eigenvalue weighted by atomic mass is 16.2. The van der Waals surface area contributed by atoms with Crippen molar-refractivity contribution in [2.45, 2.75) is 13.3 Å². The van der Waals surface area contributed by atoms with Gasteiger partial charge in [0.2, 0.25) is 5.91 Å². The summed E-state index contributed by atoms with van der Waals surface area (Å²) in [5.41, 5.74) is 0. The Hall–Kier alpha value is -0.570. The minimum absolute atomic E-state index is 0.208. The van der Waals surface area contributed by atoms with Gasteiger partial charge in [-0.2, -0.15) is 0 Å². The SMILES string of the molecule is CC1CCNC1=O.CO. The lowest BCUT2D eigenvalue weighted by Gasteiger charge is -1.90. The molecule has 2 N–H and O–H groups in total. The molecular formula is C6H13NO2. The van der Waals surface area contributed by atoms with Crippen LogP contribution >= 0.6 is 0 Å². The van der Waals surface area contributed by atoms with Crippen molar-refractivity contribution < 1.29 is 9.90 Å². The van der Waals surface area contributed by atoms with Crippen LogP contribution in [0.1, 0.15) is 13.3 Å². The molecule has 1 rings (SSSR count). The van der Waals surface area contributed by atoms with E-state index in [1.165, 1.54) is 0 Å². The van der Waals surface area contributed by atoms with Gasteiger partial charge in [-0.1, -0.05) is 6.92 Å². The monoisotopic (exact) mass is 131 g/mol. The van der Waals surface area contributed by atoms with Gasteiger partial charge in [-0.15, -0.1) is 0 Å². The first kappa shape index (κ1) is 8.43. The molecule has 1 aliphatic rings. The molecular weight excluding hydrogens is 118 g/mol. The molecule has 1 heterocycles. The second kappa shape index (κ2) is 4.32. The quantitative estimate of drug-likeness (QED) is 0.476. The first-order valence-corrected chi connectivity index (χ1v) is 3.03. The van der Waals surface area contributed by atoms with Crippen LogP contribution < -0.4 is 5.32 Å². The maximum Gasteiger partial charge on any atom is 0.222 e. The van der Waals surface area contributed by atoms with Gasteiger partial charge < -0.3 is 10.4 Å². The summed E-state index contributed by atoms with van der Waals surface area (Å²) < 4.78 is 0. The molecule has 1 aliphatic heterocycles. The molecule has 1 saturated heterocycles. The van der Waals surface area contributed by atoms with Gasteiger partial charge in [0.15, 0.2) is 0 Å². The third-order valence-electron chi connectivity index (χ3n) is 1.32. The molecule has 9 heavy (non-hydrogen) atoms. The lowest BCUT2D eigenvalue weighted by molar-refractivity contribution is -0.121. The van der Waals surface area contributed by atoms with E-state index < -0.39 is 0 Å². The maximum absolute atomic E-state index is 10.5. The molecule has 0 aliphatic carbocycles. The van der Waals surface area contributed by atoms with E-state index in [2.05, 4.69) is 5.32 Å². The van der Waals surface area contributed by atoms with Crippen molar-refractivity contribution in [3.63, 3.8) is 0 Å². The normalized spacial score (nSPS) is 24.3. The van der Waals surface area contributed by atoms with E-state index in [1.54, 1.807) is 0 Å². The Labute approximate surface area is 55.1 Å². The Morgan fingerprint density at radius 2 is 2.22 bits per heavy atom. The number of carbonyl (C=O) groups is 1. The van der Waals surface area contributed by atoms with E-state index in [0.29, 0.717) is 0 Å². The van der Waals surface area contributed by atoms with Gasteiger partial charge in [-0.25, -0.2) is 0 Å². The molecule has 0 radical (unpaired) electrons. The average Bonchev–Trinajstić information content (AvgIpc) is 2.23. The molecule has 0 aromatic rings. The minimum Gasteiger partial charge on any atom is -0.400 e. The van der Waals surface area contributed by atoms with E-state index in [4.69, 9.17) is 5.11 Å². The van der Waals surface area contributed by atoms with Crippen LogP contribution in [0.15, 0.2) is 0 Å². The van der Waals surface area contributed by atoms with Crippen LogP contribution in [-0.2, 0) is 4.79 Å². The fraction of sp³-hybridized carbons (Fsp3) is 0.833. The Morgan fingerprint density at radius 1 is 1.67 bits per heavy atom. The Bertz CT molecular complexity index is 93.1. The zero-order chi connectivity index (χ0) is 7.28. The fourth-order valence-electron chi connectivity index (χ4n) is 0.717. The highest BCUT2D eigenvalue weighted by molar-refractivity contribution is 5.80.